The highest BCUT2D eigenvalue weighted by molar-refractivity contribution is 5.98. The Bertz CT molecular complexity index is 1760. The Morgan fingerprint density at radius 1 is 1.08 bits per heavy atom. The number of aliphatic hydroxyl groups excluding tert-OH is 1. The van der Waals surface area contributed by atoms with Gasteiger partial charge in [-0.15, -0.1) is 18.3 Å². The van der Waals surface area contributed by atoms with E-state index in [1.54, 1.807) is 26.6 Å². The van der Waals surface area contributed by atoms with Gasteiger partial charge in [0.25, 0.3) is 0 Å². The van der Waals surface area contributed by atoms with Gasteiger partial charge in [0.1, 0.15) is 29.9 Å². The van der Waals surface area contributed by atoms with E-state index in [1.807, 2.05) is 54.6 Å². The molecular formula is C39H48N6O7. The molecule has 2 aromatic carbocycles. The first kappa shape index (κ1) is 36.9. The third-order valence-electron chi connectivity index (χ3n) is 10.5. The van der Waals surface area contributed by atoms with Gasteiger partial charge in [0.15, 0.2) is 0 Å². The molecule has 2 N–H and O–H groups in total. The zero-order valence-corrected chi connectivity index (χ0v) is 29.5. The Hall–Kier alpha value is -4.88. The van der Waals surface area contributed by atoms with E-state index >= 15 is 0 Å². The molecule has 3 amide bonds. The number of hydrogen-bond acceptors (Lipinski definition) is 9. The summed E-state index contributed by atoms with van der Waals surface area (Å²) in [6, 6.07) is 15.7. The molecule has 13 heteroatoms. The Morgan fingerprint density at radius 2 is 1.85 bits per heavy atom. The molecule has 2 bridgehead atoms. The van der Waals surface area contributed by atoms with Crippen molar-refractivity contribution in [3.63, 3.8) is 0 Å². The summed E-state index contributed by atoms with van der Waals surface area (Å²) in [6.45, 7) is 8.27. The molecule has 13 nitrogen and oxygen atoms in total. The minimum Gasteiger partial charge on any atom is -0.455 e. The van der Waals surface area contributed by atoms with Crippen LogP contribution in [-0.2, 0) is 35.3 Å². The van der Waals surface area contributed by atoms with Gasteiger partial charge in [0.05, 0.1) is 30.0 Å². The van der Waals surface area contributed by atoms with E-state index in [2.05, 4.69) is 28.8 Å². The standard InChI is InChI=1S/C39H48N6O7/c1-3-5-19-32(47)40-25-31(27-15-9-8-10-16-27)51-38(50)33-30-20-21-39(52-30)34(33)36(48)44(23-13-6-7-14-24-46)35(39)37(49)43(22-4-2)26-45-29-18-12-11-17-28(29)41-42-45/h3-4,8-12,15-18,30-31,33-35,46H,1-2,5-7,13-14,19-26H2,(H,40,47)/t30-,31+,33+,34+,35-,39+/m1/s1. The first-order chi connectivity index (χ1) is 25.3. The van der Waals surface area contributed by atoms with Gasteiger partial charge in [0, 0.05) is 26.1 Å². The van der Waals surface area contributed by atoms with Crippen molar-refractivity contribution in [1.29, 1.82) is 0 Å². The van der Waals surface area contributed by atoms with E-state index in [0.717, 1.165) is 18.4 Å². The van der Waals surface area contributed by atoms with Crippen LogP contribution in [0.25, 0.3) is 11.0 Å². The second-order valence-corrected chi connectivity index (χ2v) is 13.8. The van der Waals surface area contributed by atoms with Gasteiger partial charge in [-0.2, -0.15) is 0 Å². The van der Waals surface area contributed by atoms with E-state index in [0.29, 0.717) is 49.7 Å². The van der Waals surface area contributed by atoms with Crippen molar-refractivity contribution in [2.45, 2.75) is 81.9 Å². The first-order valence-electron chi connectivity index (χ1n) is 18.2. The number of hydrogen-bond donors (Lipinski definition) is 2. The predicted molar refractivity (Wildman–Crippen MR) is 192 cm³/mol. The summed E-state index contributed by atoms with van der Waals surface area (Å²) in [5.41, 5.74) is 0.930. The van der Waals surface area contributed by atoms with Crippen LogP contribution in [0.1, 0.15) is 63.0 Å². The van der Waals surface area contributed by atoms with Gasteiger partial charge in [0.2, 0.25) is 17.7 Å². The van der Waals surface area contributed by atoms with Crippen LogP contribution in [-0.4, -0.2) is 97.6 Å². The maximum Gasteiger partial charge on any atom is 0.313 e. The topological polar surface area (TPSA) is 156 Å². The number of rotatable bonds is 19. The minimum absolute atomic E-state index is 0.0578. The third-order valence-corrected chi connectivity index (χ3v) is 10.5. The number of likely N-dealkylation sites (tertiary alicyclic amines) is 1. The lowest BCUT2D eigenvalue weighted by molar-refractivity contribution is -0.160. The molecule has 0 unspecified atom stereocenters. The molecule has 3 aromatic rings. The van der Waals surface area contributed by atoms with Crippen molar-refractivity contribution in [2.24, 2.45) is 11.8 Å². The fourth-order valence-electron chi connectivity index (χ4n) is 8.06. The molecule has 0 saturated carbocycles. The highest BCUT2D eigenvalue weighted by Gasteiger charge is 2.75. The highest BCUT2D eigenvalue weighted by Crippen LogP contribution is 2.59. The summed E-state index contributed by atoms with van der Waals surface area (Å²) in [5, 5.41) is 20.7. The van der Waals surface area contributed by atoms with Crippen molar-refractivity contribution in [3.05, 3.63) is 85.5 Å². The van der Waals surface area contributed by atoms with Crippen LogP contribution in [0.4, 0.5) is 0 Å². The number of carbonyl (C=O) groups is 4. The Kier molecular flexibility index (Phi) is 11.8. The van der Waals surface area contributed by atoms with Crippen molar-refractivity contribution >= 4 is 34.7 Å². The second-order valence-electron chi connectivity index (χ2n) is 13.8. The number of aromatic nitrogens is 3. The minimum atomic E-state index is -1.22. The number of carbonyl (C=O) groups excluding carboxylic acids is 4. The monoisotopic (exact) mass is 712 g/mol. The van der Waals surface area contributed by atoms with Crippen LogP contribution in [0.5, 0.6) is 0 Å². The molecule has 1 spiro atoms. The number of aliphatic hydroxyl groups is 1. The molecule has 276 valence electrons. The highest BCUT2D eigenvalue weighted by atomic mass is 16.6. The molecule has 52 heavy (non-hydrogen) atoms. The Balaban J connectivity index is 1.28. The number of nitrogens with one attached hydrogen (secondary N) is 1. The van der Waals surface area contributed by atoms with Gasteiger partial charge in [-0.1, -0.05) is 72.7 Å². The van der Waals surface area contributed by atoms with Gasteiger partial charge in [-0.3, -0.25) is 19.2 Å². The lowest BCUT2D eigenvalue weighted by Crippen LogP contribution is -2.56. The Morgan fingerprint density at radius 3 is 2.62 bits per heavy atom. The first-order valence-corrected chi connectivity index (χ1v) is 18.2. The van der Waals surface area contributed by atoms with Gasteiger partial charge >= 0.3 is 5.97 Å². The molecule has 3 saturated heterocycles. The van der Waals surface area contributed by atoms with Gasteiger partial charge in [-0.05, 0) is 49.8 Å². The third kappa shape index (κ3) is 7.38. The SMILES string of the molecule is C=CCCC(=O)NC[C@H](OC(=O)[C@@H]1[C@H]2C(=O)N(CCCCCCO)[C@H](C(=O)N(CC=C)Cn3nnc4ccccc43)[C@]23CC[C@H]1O3)c1ccccc1. The maximum atomic E-state index is 14.8. The summed E-state index contributed by atoms with van der Waals surface area (Å²) < 4.78 is 14.5. The summed E-state index contributed by atoms with van der Waals surface area (Å²) in [6.07, 6.45) is 6.42. The summed E-state index contributed by atoms with van der Waals surface area (Å²) in [5.74, 6) is -3.24. The van der Waals surface area contributed by atoms with Crippen LogP contribution < -0.4 is 5.32 Å². The maximum absolute atomic E-state index is 14.8. The van der Waals surface area contributed by atoms with Gasteiger partial charge < -0.3 is 29.7 Å². The number of fused-ring (bicyclic) bond motifs is 2. The molecule has 0 aliphatic carbocycles. The summed E-state index contributed by atoms with van der Waals surface area (Å²) in [4.78, 5) is 59.4. The molecule has 0 radical (unpaired) electrons. The molecule has 4 heterocycles. The van der Waals surface area contributed by atoms with Crippen LogP contribution >= 0.6 is 0 Å². The lowest BCUT2D eigenvalue weighted by Gasteiger charge is -2.36. The number of para-hydroxylation sites is 1. The zero-order valence-electron chi connectivity index (χ0n) is 29.5. The lowest BCUT2D eigenvalue weighted by atomic mass is 9.70. The number of nitrogens with zero attached hydrogens (tertiary/aromatic N) is 5. The summed E-state index contributed by atoms with van der Waals surface area (Å²) in [7, 11) is 0. The van der Waals surface area contributed by atoms with Gasteiger partial charge in [-0.25, -0.2) is 4.68 Å². The van der Waals surface area contributed by atoms with E-state index in [4.69, 9.17) is 9.47 Å². The fraction of sp³-hybridized carbons (Fsp3) is 0.487. The van der Waals surface area contributed by atoms with Crippen LogP contribution in [0.2, 0.25) is 0 Å². The number of benzene rings is 2. The van der Waals surface area contributed by atoms with Crippen LogP contribution in [0.15, 0.2) is 79.9 Å². The van der Waals surface area contributed by atoms with E-state index in [1.165, 1.54) is 0 Å². The number of allylic oxidation sites excluding steroid dienone is 1. The van der Waals surface area contributed by atoms with Crippen molar-refractivity contribution in [1.82, 2.24) is 30.1 Å². The quantitative estimate of drug-likeness (QED) is 0.108. The smallest absolute Gasteiger partial charge is 0.313 e. The Labute approximate surface area is 303 Å². The van der Waals surface area contributed by atoms with Crippen molar-refractivity contribution in [2.75, 3.05) is 26.2 Å². The van der Waals surface area contributed by atoms with E-state index < -0.39 is 41.7 Å². The number of ether oxygens (including phenoxy) is 2. The van der Waals surface area contributed by atoms with Crippen LogP contribution in [0.3, 0.4) is 0 Å². The second kappa shape index (κ2) is 16.6. The summed E-state index contributed by atoms with van der Waals surface area (Å²) >= 11 is 0. The van der Waals surface area contributed by atoms with Crippen molar-refractivity contribution < 1.29 is 33.8 Å². The molecule has 3 aliphatic heterocycles. The molecule has 1 aromatic heterocycles. The normalized spacial score (nSPS) is 23.7. The zero-order chi connectivity index (χ0) is 36.7. The number of amides is 3. The fourth-order valence-corrected chi connectivity index (χ4v) is 8.06. The van der Waals surface area contributed by atoms with Crippen LogP contribution in [0, 0.1) is 11.8 Å². The molecule has 3 fully saturated rings. The molecule has 6 rings (SSSR count). The predicted octanol–water partition coefficient (Wildman–Crippen LogP) is 3.70. The number of unbranched alkanes of at least 4 members (excludes halogenated alkanes) is 3. The molecular weight excluding hydrogens is 664 g/mol. The van der Waals surface area contributed by atoms with E-state index in [-0.39, 0.29) is 50.5 Å². The number of esters is 1. The molecule has 6 atom stereocenters. The van der Waals surface area contributed by atoms with Crippen molar-refractivity contribution in [3.8, 4) is 0 Å². The van der Waals surface area contributed by atoms with E-state index in [9.17, 15) is 24.3 Å². The average molecular weight is 713 g/mol. The molecule has 3 aliphatic rings. The average Bonchev–Trinajstić information content (AvgIpc) is 3.91. The largest absolute Gasteiger partial charge is 0.455 e.